The van der Waals surface area contributed by atoms with Crippen LogP contribution in [0.2, 0.25) is 0 Å². The first kappa shape index (κ1) is 12.7. The third-order valence-electron chi connectivity index (χ3n) is 2.80. The van der Waals surface area contributed by atoms with E-state index in [1.807, 2.05) is 31.2 Å². The Kier molecular flexibility index (Phi) is 3.70. The number of anilines is 1. The van der Waals surface area contributed by atoms with Crippen LogP contribution in [0.4, 0.5) is 5.69 Å². The molecule has 1 aromatic heterocycles. The molecule has 18 heavy (non-hydrogen) atoms. The van der Waals surface area contributed by atoms with Gasteiger partial charge in [0, 0.05) is 16.8 Å². The van der Waals surface area contributed by atoms with Gasteiger partial charge in [-0.25, -0.2) is 4.98 Å². The summed E-state index contributed by atoms with van der Waals surface area (Å²) in [6.45, 7) is 6.96. The lowest BCUT2D eigenvalue weighted by atomic mass is 10.1. The number of rotatable bonds is 4. The number of benzene rings is 1. The van der Waals surface area contributed by atoms with Crippen LogP contribution < -0.4 is 10.5 Å². The molecule has 0 radical (unpaired) electrons. The van der Waals surface area contributed by atoms with Crippen LogP contribution in [-0.2, 0) is 6.42 Å². The SMILES string of the molecule is CCOc1cccc2c(N)cc(CC(C)C)nc12. The third kappa shape index (κ3) is 2.55. The van der Waals surface area contributed by atoms with Gasteiger partial charge in [-0.3, -0.25) is 0 Å². The molecule has 1 aromatic carbocycles. The Morgan fingerprint density at radius 1 is 1.33 bits per heavy atom. The molecular formula is C15H20N2O. The van der Waals surface area contributed by atoms with Crippen LogP contribution in [0.25, 0.3) is 10.9 Å². The van der Waals surface area contributed by atoms with E-state index in [-0.39, 0.29) is 0 Å². The van der Waals surface area contributed by atoms with Gasteiger partial charge in [-0.05, 0) is 31.4 Å². The Bertz CT molecular complexity index is 549. The number of hydrogen-bond acceptors (Lipinski definition) is 3. The summed E-state index contributed by atoms with van der Waals surface area (Å²) in [5.74, 6) is 1.38. The van der Waals surface area contributed by atoms with Gasteiger partial charge in [-0.1, -0.05) is 26.0 Å². The molecule has 2 aromatic rings. The minimum absolute atomic E-state index is 0.564. The van der Waals surface area contributed by atoms with Crippen LogP contribution >= 0.6 is 0 Å². The highest BCUT2D eigenvalue weighted by molar-refractivity contribution is 5.94. The fourth-order valence-electron chi connectivity index (χ4n) is 2.10. The smallest absolute Gasteiger partial charge is 0.145 e. The van der Waals surface area contributed by atoms with Crippen LogP contribution in [0.5, 0.6) is 5.75 Å². The summed E-state index contributed by atoms with van der Waals surface area (Å²) in [4.78, 5) is 4.69. The van der Waals surface area contributed by atoms with Crippen molar-refractivity contribution < 1.29 is 4.74 Å². The van der Waals surface area contributed by atoms with Crippen molar-refractivity contribution in [1.29, 1.82) is 0 Å². The summed E-state index contributed by atoms with van der Waals surface area (Å²) in [7, 11) is 0. The minimum atomic E-state index is 0.564. The topological polar surface area (TPSA) is 48.1 Å². The van der Waals surface area contributed by atoms with E-state index in [0.717, 1.165) is 34.5 Å². The Morgan fingerprint density at radius 2 is 2.11 bits per heavy atom. The van der Waals surface area contributed by atoms with Gasteiger partial charge in [-0.2, -0.15) is 0 Å². The van der Waals surface area contributed by atoms with Gasteiger partial charge in [0.15, 0.2) is 0 Å². The van der Waals surface area contributed by atoms with E-state index in [1.165, 1.54) is 0 Å². The van der Waals surface area contributed by atoms with E-state index in [2.05, 4.69) is 18.8 Å². The molecule has 2 N–H and O–H groups in total. The second-order valence-corrected chi connectivity index (χ2v) is 4.89. The number of aromatic nitrogens is 1. The van der Waals surface area contributed by atoms with Gasteiger partial charge in [-0.15, -0.1) is 0 Å². The highest BCUT2D eigenvalue weighted by Crippen LogP contribution is 2.29. The summed E-state index contributed by atoms with van der Waals surface area (Å²) < 4.78 is 5.62. The molecule has 0 aliphatic heterocycles. The number of para-hydroxylation sites is 1. The summed E-state index contributed by atoms with van der Waals surface area (Å²) in [6.07, 6.45) is 0.931. The summed E-state index contributed by atoms with van der Waals surface area (Å²) in [6, 6.07) is 7.85. The average molecular weight is 244 g/mol. The molecule has 0 spiro atoms. The largest absolute Gasteiger partial charge is 0.492 e. The number of hydrogen-bond donors (Lipinski definition) is 1. The molecule has 0 unspecified atom stereocenters. The molecule has 0 fully saturated rings. The maximum atomic E-state index is 6.10. The summed E-state index contributed by atoms with van der Waals surface area (Å²) in [5.41, 5.74) is 8.78. The van der Waals surface area contributed by atoms with Gasteiger partial charge in [0.1, 0.15) is 11.3 Å². The number of pyridine rings is 1. The lowest BCUT2D eigenvalue weighted by Crippen LogP contribution is -2.02. The van der Waals surface area contributed by atoms with Crippen molar-refractivity contribution in [2.75, 3.05) is 12.3 Å². The van der Waals surface area contributed by atoms with E-state index >= 15 is 0 Å². The zero-order valence-corrected chi connectivity index (χ0v) is 11.2. The van der Waals surface area contributed by atoms with Crippen molar-refractivity contribution >= 4 is 16.6 Å². The zero-order chi connectivity index (χ0) is 13.1. The second kappa shape index (κ2) is 5.25. The van der Waals surface area contributed by atoms with Crippen LogP contribution in [0.15, 0.2) is 24.3 Å². The van der Waals surface area contributed by atoms with Crippen molar-refractivity contribution in [3.8, 4) is 5.75 Å². The third-order valence-corrected chi connectivity index (χ3v) is 2.80. The quantitative estimate of drug-likeness (QED) is 0.896. The molecule has 0 saturated heterocycles. The average Bonchev–Trinajstić information content (AvgIpc) is 2.30. The van der Waals surface area contributed by atoms with Gasteiger partial charge >= 0.3 is 0 Å². The molecule has 0 atom stereocenters. The van der Waals surface area contributed by atoms with E-state index in [1.54, 1.807) is 0 Å². The van der Waals surface area contributed by atoms with Crippen LogP contribution in [-0.4, -0.2) is 11.6 Å². The van der Waals surface area contributed by atoms with Crippen molar-refractivity contribution in [1.82, 2.24) is 4.98 Å². The predicted molar refractivity (Wildman–Crippen MR) is 75.9 cm³/mol. The molecule has 96 valence electrons. The van der Waals surface area contributed by atoms with Crippen LogP contribution in [0.3, 0.4) is 0 Å². The van der Waals surface area contributed by atoms with Gasteiger partial charge in [0.25, 0.3) is 0 Å². The standard InChI is InChI=1S/C15H20N2O/c1-4-18-14-7-5-6-12-13(16)9-11(8-10(2)3)17-15(12)14/h5-7,9-10H,4,8H2,1-3H3,(H2,16,17). The van der Waals surface area contributed by atoms with Crippen molar-refractivity contribution in [2.45, 2.75) is 27.2 Å². The Labute approximate surface area is 108 Å². The van der Waals surface area contributed by atoms with Gasteiger partial charge in [0.2, 0.25) is 0 Å². The lowest BCUT2D eigenvalue weighted by Gasteiger charge is -2.11. The number of fused-ring (bicyclic) bond motifs is 1. The normalized spacial score (nSPS) is 11.1. The minimum Gasteiger partial charge on any atom is -0.492 e. The number of ether oxygens (including phenoxy) is 1. The molecule has 0 saturated carbocycles. The first-order chi connectivity index (χ1) is 8.61. The molecule has 1 heterocycles. The maximum absolute atomic E-state index is 6.10. The number of nitrogen functional groups attached to an aromatic ring is 1. The molecule has 3 heteroatoms. The Balaban J connectivity index is 2.56. The fraction of sp³-hybridized carbons (Fsp3) is 0.400. The zero-order valence-electron chi connectivity index (χ0n) is 11.2. The first-order valence-electron chi connectivity index (χ1n) is 6.42. The predicted octanol–water partition coefficient (Wildman–Crippen LogP) is 3.41. The molecule has 2 rings (SSSR count). The highest BCUT2D eigenvalue weighted by atomic mass is 16.5. The highest BCUT2D eigenvalue weighted by Gasteiger charge is 2.09. The van der Waals surface area contributed by atoms with E-state index < -0.39 is 0 Å². The Hall–Kier alpha value is -1.77. The van der Waals surface area contributed by atoms with Gasteiger partial charge in [0.05, 0.1) is 6.61 Å². The summed E-state index contributed by atoms with van der Waals surface area (Å²) >= 11 is 0. The molecular weight excluding hydrogens is 224 g/mol. The first-order valence-corrected chi connectivity index (χ1v) is 6.42. The van der Waals surface area contributed by atoms with Crippen molar-refractivity contribution in [3.05, 3.63) is 30.0 Å². The Morgan fingerprint density at radius 3 is 2.78 bits per heavy atom. The second-order valence-electron chi connectivity index (χ2n) is 4.89. The molecule has 0 aliphatic rings. The number of nitrogens with zero attached hydrogens (tertiary/aromatic N) is 1. The monoisotopic (exact) mass is 244 g/mol. The number of nitrogens with two attached hydrogens (primary N) is 1. The summed E-state index contributed by atoms with van der Waals surface area (Å²) in [5, 5.41) is 0.966. The van der Waals surface area contributed by atoms with Crippen LogP contribution in [0, 0.1) is 5.92 Å². The van der Waals surface area contributed by atoms with Crippen LogP contribution in [0.1, 0.15) is 26.5 Å². The fourth-order valence-corrected chi connectivity index (χ4v) is 2.10. The van der Waals surface area contributed by atoms with Crippen molar-refractivity contribution in [3.63, 3.8) is 0 Å². The molecule has 0 aliphatic carbocycles. The van der Waals surface area contributed by atoms with Gasteiger partial charge < -0.3 is 10.5 Å². The van der Waals surface area contributed by atoms with E-state index in [4.69, 9.17) is 10.5 Å². The van der Waals surface area contributed by atoms with E-state index in [0.29, 0.717) is 12.5 Å². The molecule has 0 amide bonds. The molecule has 3 nitrogen and oxygen atoms in total. The maximum Gasteiger partial charge on any atom is 0.145 e. The van der Waals surface area contributed by atoms with E-state index in [9.17, 15) is 0 Å². The molecule has 0 bridgehead atoms. The van der Waals surface area contributed by atoms with Crippen molar-refractivity contribution in [2.24, 2.45) is 5.92 Å². The lowest BCUT2D eigenvalue weighted by molar-refractivity contribution is 0.343.